The molecule has 0 N–H and O–H groups in total. The first-order valence-electron chi connectivity index (χ1n) is 7.76. The Morgan fingerprint density at radius 1 is 1.00 bits per heavy atom. The number of hydroxylamine groups is 2. The Morgan fingerprint density at radius 3 is 1.92 bits per heavy atom. The topological polar surface area (TPSA) is 113 Å². The molecule has 0 aromatic rings. The Hall–Kier alpha value is -1.96. The van der Waals surface area contributed by atoms with Crippen LogP contribution in [0.15, 0.2) is 0 Å². The molecule has 1 saturated heterocycles. The zero-order chi connectivity index (χ0) is 18.5. The van der Waals surface area contributed by atoms with E-state index in [2.05, 4.69) is 0 Å². The number of hydrogen-bond donors (Lipinski definition) is 0. The van der Waals surface area contributed by atoms with Gasteiger partial charge >= 0.3 is 5.97 Å². The van der Waals surface area contributed by atoms with Gasteiger partial charge in [0.05, 0.1) is 19.6 Å². The van der Waals surface area contributed by atoms with Crippen molar-refractivity contribution in [3.63, 3.8) is 0 Å². The second kappa shape index (κ2) is 7.74. The van der Waals surface area contributed by atoms with Gasteiger partial charge in [0.15, 0.2) is 0 Å². The maximum Gasteiger partial charge on any atom is 0.333 e. The number of aliphatic carboxylic acids is 1. The van der Waals surface area contributed by atoms with Crippen LogP contribution in [0.2, 0.25) is 0 Å². The summed E-state index contributed by atoms with van der Waals surface area (Å²) in [5, 5.41) is 11.2. The van der Waals surface area contributed by atoms with E-state index in [0.29, 0.717) is 5.06 Å². The van der Waals surface area contributed by atoms with Crippen molar-refractivity contribution in [2.45, 2.75) is 53.4 Å². The molecule has 1 aliphatic rings. The minimum Gasteiger partial charge on any atom is -0.550 e. The number of nitrogens with zero attached hydrogens (tertiary/aromatic N) is 1. The molecule has 0 atom stereocenters. The van der Waals surface area contributed by atoms with Crippen LogP contribution in [-0.2, 0) is 28.8 Å². The number of amides is 2. The summed E-state index contributed by atoms with van der Waals surface area (Å²) in [5.74, 6) is -2.88. The van der Waals surface area contributed by atoms with Crippen molar-refractivity contribution in [3.05, 3.63) is 0 Å². The Labute approximate surface area is 141 Å². The second-order valence-corrected chi connectivity index (χ2v) is 7.59. The van der Waals surface area contributed by atoms with Gasteiger partial charge in [0.1, 0.15) is 0 Å². The highest BCUT2D eigenvalue weighted by atomic mass is 16.7. The van der Waals surface area contributed by atoms with E-state index in [1.54, 1.807) is 27.7 Å². The molecule has 0 aliphatic carbocycles. The molecule has 1 fully saturated rings. The number of hydrogen-bond acceptors (Lipinski definition) is 7. The summed E-state index contributed by atoms with van der Waals surface area (Å²) in [7, 11) is 0. The van der Waals surface area contributed by atoms with Crippen molar-refractivity contribution in [3.8, 4) is 0 Å². The van der Waals surface area contributed by atoms with Gasteiger partial charge in [-0.25, -0.2) is 4.79 Å². The van der Waals surface area contributed by atoms with Gasteiger partial charge in [0.2, 0.25) is 0 Å². The van der Waals surface area contributed by atoms with Gasteiger partial charge in [0, 0.05) is 18.8 Å². The van der Waals surface area contributed by atoms with E-state index in [1.807, 2.05) is 0 Å². The fraction of sp³-hybridized carbons (Fsp3) is 0.750. The number of imide groups is 1. The van der Waals surface area contributed by atoms with Gasteiger partial charge in [0.25, 0.3) is 11.8 Å². The summed E-state index contributed by atoms with van der Waals surface area (Å²) in [6.45, 7) is 7.42. The van der Waals surface area contributed by atoms with Crippen LogP contribution in [0.4, 0.5) is 0 Å². The van der Waals surface area contributed by atoms with Crippen LogP contribution in [0.5, 0.6) is 0 Å². The quantitative estimate of drug-likeness (QED) is 0.550. The average Bonchev–Trinajstić information content (AvgIpc) is 2.67. The first kappa shape index (κ1) is 20.1. The fourth-order valence-corrected chi connectivity index (χ4v) is 2.28. The highest BCUT2D eigenvalue weighted by Crippen LogP contribution is 2.25. The lowest BCUT2D eigenvalue weighted by Crippen LogP contribution is -2.35. The summed E-state index contributed by atoms with van der Waals surface area (Å²) in [6.07, 6.45) is -0.0854. The number of ether oxygens (including phenoxy) is 1. The maximum absolute atomic E-state index is 11.9. The van der Waals surface area contributed by atoms with Crippen LogP contribution in [0, 0.1) is 10.8 Å². The SMILES string of the molecule is CC(C)(COCC(C)(C)CC(=O)ON1C(=O)CCC1=O)CC(=O)[O-]. The molecule has 8 nitrogen and oxygen atoms in total. The Kier molecular flexibility index (Phi) is 6.48. The van der Waals surface area contributed by atoms with Crippen LogP contribution < -0.4 is 5.11 Å². The van der Waals surface area contributed by atoms with E-state index in [0.717, 1.165) is 0 Å². The molecule has 1 aliphatic heterocycles. The molecule has 0 saturated carbocycles. The standard InChI is InChI=1S/C16H25NO7/c1-15(2,7-13(20)21)9-23-10-16(3,4)8-14(22)24-17-11(18)5-6-12(17)19/h5-10H2,1-4H3,(H,20,21)/p-1. The molecule has 2 amide bonds. The van der Waals surface area contributed by atoms with Crippen LogP contribution >= 0.6 is 0 Å². The van der Waals surface area contributed by atoms with Gasteiger partial charge in [-0.05, 0) is 17.3 Å². The highest BCUT2D eigenvalue weighted by molar-refractivity contribution is 6.01. The zero-order valence-electron chi connectivity index (χ0n) is 14.5. The summed E-state index contributed by atoms with van der Waals surface area (Å²) in [5.41, 5.74) is -1.18. The van der Waals surface area contributed by atoms with Gasteiger partial charge in [-0.2, -0.15) is 0 Å². The molecule has 0 bridgehead atoms. The third kappa shape index (κ3) is 6.66. The molecular weight excluding hydrogens is 318 g/mol. The Balaban J connectivity index is 2.42. The lowest BCUT2D eigenvalue weighted by atomic mass is 9.89. The highest BCUT2D eigenvalue weighted by Gasteiger charge is 2.34. The minimum absolute atomic E-state index is 0.0478. The molecule has 1 heterocycles. The molecule has 1 rings (SSSR count). The van der Waals surface area contributed by atoms with Crippen LogP contribution in [0.3, 0.4) is 0 Å². The molecular formula is C16H24NO7-. The van der Waals surface area contributed by atoms with E-state index in [9.17, 15) is 24.3 Å². The number of rotatable bonds is 9. The summed E-state index contributed by atoms with van der Waals surface area (Å²) in [6, 6.07) is 0. The molecule has 0 aromatic heterocycles. The van der Waals surface area contributed by atoms with Gasteiger partial charge in [-0.15, -0.1) is 5.06 Å². The van der Waals surface area contributed by atoms with Crippen molar-refractivity contribution in [1.82, 2.24) is 5.06 Å². The third-order valence-corrected chi connectivity index (χ3v) is 3.43. The lowest BCUT2D eigenvalue weighted by molar-refractivity contribution is -0.308. The second-order valence-electron chi connectivity index (χ2n) is 7.59. The van der Waals surface area contributed by atoms with Crippen LogP contribution in [0.1, 0.15) is 53.4 Å². The van der Waals surface area contributed by atoms with Crippen LogP contribution in [-0.4, -0.2) is 42.0 Å². The molecule has 0 spiro atoms. The van der Waals surface area contributed by atoms with Crippen molar-refractivity contribution in [1.29, 1.82) is 0 Å². The number of carboxylic acid groups (broad SMARTS) is 1. The Bertz CT molecular complexity index is 509. The van der Waals surface area contributed by atoms with Gasteiger partial charge in [-0.3, -0.25) is 9.59 Å². The first-order valence-corrected chi connectivity index (χ1v) is 7.76. The summed E-state index contributed by atoms with van der Waals surface area (Å²) in [4.78, 5) is 50.2. The molecule has 24 heavy (non-hydrogen) atoms. The van der Waals surface area contributed by atoms with Crippen molar-refractivity contribution in [2.75, 3.05) is 13.2 Å². The fourth-order valence-electron chi connectivity index (χ4n) is 2.28. The molecule has 136 valence electrons. The van der Waals surface area contributed by atoms with Gasteiger partial charge in [-0.1, -0.05) is 27.7 Å². The number of carbonyl (C=O) groups is 4. The molecule has 0 radical (unpaired) electrons. The van der Waals surface area contributed by atoms with E-state index in [-0.39, 0.29) is 38.9 Å². The normalized spacial score (nSPS) is 15.8. The van der Waals surface area contributed by atoms with Crippen molar-refractivity contribution < 1.29 is 33.9 Å². The third-order valence-electron chi connectivity index (χ3n) is 3.43. The predicted molar refractivity (Wildman–Crippen MR) is 79.8 cm³/mol. The van der Waals surface area contributed by atoms with E-state index >= 15 is 0 Å². The average molecular weight is 342 g/mol. The summed E-state index contributed by atoms with van der Waals surface area (Å²) < 4.78 is 5.53. The van der Waals surface area contributed by atoms with E-state index in [1.165, 1.54) is 0 Å². The van der Waals surface area contributed by atoms with Crippen molar-refractivity contribution >= 4 is 23.8 Å². The van der Waals surface area contributed by atoms with Crippen LogP contribution in [0.25, 0.3) is 0 Å². The molecule has 0 aromatic carbocycles. The zero-order valence-corrected chi connectivity index (χ0v) is 14.5. The van der Waals surface area contributed by atoms with Gasteiger partial charge < -0.3 is 19.5 Å². The largest absolute Gasteiger partial charge is 0.550 e. The monoisotopic (exact) mass is 342 g/mol. The number of carbonyl (C=O) groups excluding carboxylic acids is 4. The number of carboxylic acids is 1. The minimum atomic E-state index is -1.15. The van der Waals surface area contributed by atoms with E-state index in [4.69, 9.17) is 9.57 Å². The smallest absolute Gasteiger partial charge is 0.333 e. The first-order chi connectivity index (χ1) is 10.9. The van der Waals surface area contributed by atoms with Crippen molar-refractivity contribution in [2.24, 2.45) is 10.8 Å². The molecule has 0 unspecified atom stereocenters. The summed E-state index contributed by atoms with van der Waals surface area (Å²) >= 11 is 0. The van der Waals surface area contributed by atoms with E-state index < -0.39 is 34.6 Å². The molecule has 8 heteroatoms. The Morgan fingerprint density at radius 2 is 1.46 bits per heavy atom. The lowest BCUT2D eigenvalue weighted by Gasteiger charge is -2.29. The predicted octanol–water partition coefficient (Wildman–Crippen LogP) is 0.193. The maximum atomic E-state index is 11.9.